The number of esters is 3. The van der Waals surface area contributed by atoms with Crippen molar-refractivity contribution in [3.05, 3.63) is 57.6 Å². The van der Waals surface area contributed by atoms with Crippen LogP contribution in [0.15, 0.2) is 40.9 Å². The fourth-order valence-corrected chi connectivity index (χ4v) is 5.02. The molecule has 1 unspecified atom stereocenters. The first-order valence-corrected chi connectivity index (χ1v) is 13.0. The lowest BCUT2D eigenvalue weighted by molar-refractivity contribution is -0.131. The van der Waals surface area contributed by atoms with E-state index >= 15 is 0 Å². The number of rotatable bonds is 10. The number of hydrogen-bond donors (Lipinski definition) is 2. The van der Waals surface area contributed by atoms with Crippen molar-refractivity contribution in [1.29, 1.82) is 0 Å². The summed E-state index contributed by atoms with van der Waals surface area (Å²) in [4.78, 5) is 36.4. The first-order chi connectivity index (χ1) is 17.3. The molecule has 194 valence electrons. The molecule has 1 fully saturated rings. The Kier molecular flexibility index (Phi) is 10.3. The van der Waals surface area contributed by atoms with Crippen LogP contribution in [-0.2, 0) is 14.3 Å². The minimum atomic E-state index is -0.679. The van der Waals surface area contributed by atoms with Gasteiger partial charge >= 0.3 is 17.9 Å². The van der Waals surface area contributed by atoms with Gasteiger partial charge < -0.3 is 25.3 Å². The Balaban J connectivity index is 1.63. The van der Waals surface area contributed by atoms with Crippen LogP contribution in [0.4, 0.5) is 5.69 Å². The number of para-hydroxylation sites is 1. The molecule has 1 atom stereocenters. The average molecular weight is 561 g/mol. The molecule has 3 N–H and O–H groups in total. The highest BCUT2D eigenvalue weighted by Crippen LogP contribution is 2.39. The van der Waals surface area contributed by atoms with E-state index in [1.54, 1.807) is 24.3 Å². The summed E-state index contributed by atoms with van der Waals surface area (Å²) >= 11 is 3.49. The van der Waals surface area contributed by atoms with E-state index in [1.807, 2.05) is 0 Å². The van der Waals surface area contributed by atoms with Crippen LogP contribution in [0, 0.1) is 5.92 Å². The Morgan fingerprint density at radius 1 is 1.06 bits per heavy atom. The molecule has 1 aliphatic carbocycles. The fourth-order valence-electron chi connectivity index (χ4n) is 4.54. The van der Waals surface area contributed by atoms with Gasteiger partial charge in [-0.3, -0.25) is 4.79 Å². The van der Waals surface area contributed by atoms with Crippen LogP contribution in [0.3, 0.4) is 0 Å². The lowest BCUT2D eigenvalue weighted by atomic mass is 9.80. The standard InChI is InChI=1S/C27H33BrN2O6/c1-3-30-25(18-9-5-4-6-10-18)21-15-19(16-22(28)24(21)29)26(32)34-13-14-35-27(33)20-11-7-8-12-23(20)36-17(2)31/h7-8,11-12,15-16,18,25,30H,3-6,9-10,13-14,29H2,1-2H3. The van der Waals surface area contributed by atoms with Gasteiger partial charge in [-0.25, -0.2) is 9.59 Å². The maximum absolute atomic E-state index is 12.8. The molecule has 36 heavy (non-hydrogen) atoms. The third kappa shape index (κ3) is 7.30. The van der Waals surface area contributed by atoms with Crippen molar-refractivity contribution >= 4 is 39.5 Å². The largest absolute Gasteiger partial charge is 0.458 e. The maximum Gasteiger partial charge on any atom is 0.342 e. The van der Waals surface area contributed by atoms with Gasteiger partial charge in [-0.05, 0) is 71.1 Å². The lowest BCUT2D eigenvalue weighted by Gasteiger charge is -2.32. The number of ether oxygens (including phenoxy) is 3. The highest BCUT2D eigenvalue weighted by molar-refractivity contribution is 9.10. The van der Waals surface area contributed by atoms with Gasteiger partial charge in [0, 0.05) is 17.4 Å². The summed E-state index contributed by atoms with van der Waals surface area (Å²) < 4.78 is 16.2. The molecule has 0 bridgehead atoms. The SMILES string of the molecule is CCNC(c1cc(C(=O)OCCOC(=O)c2ccccc2OC(C)=O)cc(Br)c1N)C1CCCCC1. The maximum atomic E-state index is 12.8. The summed E-state index contributed by atoms with van der Waals surface area (Å²) in [5.74, 6) is -1.19. The van der Waals surface area contributed by atoms with E-state index < -0.39 is 17.9 Å². The van der Waals surface area contributed by atoms with E-state index in [0.29, 0.717) is 21.6 Å². The topological polar surface area (TPSA) is 117 Å². The second kappa shape index (κ2) is 13.4. The Morgan fingerprint density at radius 2 is 1.72 bits per heavy atom. The van der Waals surface area contributed by atoms with Crippen molar-refractivity contribution in [2.24, 2.45) is 5.92 Å². The normalized spacial score (nSPS) is 14.6. The van der Waals surface area contributed by atoms with Crippen LogP contribution in [-0.4, -0.2) is 37.7 Å². The first kappa shape index (κ1) is 27.7. The molecule has 0 radical (unpaired) electrons. The van der Waals surface area contributed by atoms with E-state index in [4.69, 9.17) is 19.9 Å². The molecule has 2 aromatic rings. The second-order valence-electron chi connectivity index (χ2n) is 8.76. The summed E-state index contributed by atoms with van der Waals surface area (Å²) in [5, 5.41) is 3.56. The van der Waals surface area contributed by atoms with Gasteiger partial charge in [0.15, 0.2) is 0 Å². The van der Waals surface area contributed by atoms with E-state index in [9.17, 15) is 14.4 Å². The summed E-state index contributed by atoms with van der Waals surface area (Å²) in [7, 11) is 0. The van der Waals surface area contributed by atoms with E-state index in [-0.39, 0.29) is 30.6 Å². The highest BCUT2D eigenvalue weighted by atomic mass is 79.9. The number of hydrogen-bond acceptors (Lipinski definition) is 8. The van der Waals surface area contributed by atoms with Crippen LogP contribution >= 0.6 is 15.9 Å². The zero-order chi connectivity index (χ0) is 26.1. The van der Waals surface area contributed by atoms with Crippen molar-refractivity contribution in [3.8, 4) is 5.75 Å². The molecule has 1 saturated carbocycles. The van der Waals surface area contributed by atoms with E-state index in [0.717, 1.165) is 24.9 Å². The van der Waals surface area contributed by atoms with Gasteiger partial charge in [-0.15, -0.1) is 0 Å². The predicted molar refractivity (Wildman–Crippen MR) is 140 cm³/mol. The minimum Gasteiger partial charge on any atom is -0.458 e. The highest BCUT2D eigenvalue weighted by Gasteiger charge is 2.28. The Bertz CT molecular complexity index is 1080. The third-order valence-electron chi connectivity index (χ3n) is 6.19. The molecule has 2 aromatic carbocycles. The Labute approximate surface area is 220 Å². The summed E-state index contributed by atoms with van der Waals surface area (Å²) in [6, 6.07) is 9.77. The molecule has 0 heterocycles. The molecular weight excluding hydrogens is 528 g/mol. The number of carbonyl (C=O) groups is 3. The van der Waals surface area contributed by atoms with Crippen LogP contribution in [0.5, 0.6) is 5.75 Å². The molecule has 0 saturated heterocycles. The van der Waals surface area contributed by atoms with Crippen molar-refractivity contribution in [2.75, 3.05) is 25.5 Å². The predicted octanol–water partition coefficient (Wildman–Crippen LogP) is 5.20. The molecular formula is C27H33BrN2O6. The van der Waals surface area contributed by atoms with Crippen molar-refractivity contribution in [3.63, 3.8) is 0 Å². The number of carbonyl (C=O) groups excluding carboxylic acids is 3. The van der Waals surface area contributed by atoms with Gasteiger partial charge in [-0.1, -0.05) is 38.3 Å². The number of nitrogen functional groups attached to an aromatic ring is 1. The summed E-state index contributed by atoms with van der Waals surface area (Å²) in [5.41, 5.74) is 8.40. The number of nitrogens with two attached hydrogens (primary N) is 1. The Morgan fingerprint density at radius 3 is 2.39 bits per heavy atom. The number of benzene rings is 2. The molecule has 0 aromatic heterocycles. The number of anilines is 1. The zero-order valence-corrected chi connectivity index (χ0v) is 22.3. The van der Waals surface area contributed by atoms with Gasteiger partial charge in [0.1, 0.15) is 24.5 Å². The number of halogens is 1. The fraction of sp³-hybridized carbons (Fsp3) is 0.444. The smallest absolute Gasteiger partial charge is 0.342 e. The second-order valence-corrected chi connectivity index (χ2v) is 9.61. The van der Waals surface area contributed by atoms with E-state index in [1.165, 1.54) is 38.3 Å². The molecule has 0 amide bonds. The van der Waals surface area contributed by atoms with Gasteiger partial charge in [-0.2, -0.15) is 0 Å². The molecule has 3 rings (SSSR count). The molecule has 9 heteroatoms. The van der Waals surface area contributed by atoms with Gasteiger partial charge in [0.2, 0.25) is 0 Å². The Hall–Kier alpha value is -2.91. The monoisotopic (exact) mass is 560 g/mol. The molecule has 0 aliphatic heterocycles. The number of nitrogens with one attached hydrogen (secondary N) is 1. The van der Waals surface area contributed by atoms with Crippen molar-refractivity contribution < 1.29 is 28.6 Å². The van der Waals surface area contributed by atoms with Crippen molar-refractivity contribution in [1.82, 2.24) is 5.32 Å². The van der Waals surface area contributed by atoms with Crippen LogP contribution in [0.2, 0.25) is 0 Å². The van der Waals surface area contributed by atoms with Crippen LogP contribution < -0.4 is 15.8 Å². The quantitative estimate of drug-likeness (QED) is 0.176. The molecule has 1 aliphatic rings. The lowest BCUT2D eigenvalue weighted by Crippen LogP contribution is -2.30. The minimum absolute atomic E-state index is 0.0533. The molecule has 0 spiro atoms. The molecule has 8 nitrogen and oxygen atoms in total. The van der Waals surface area contributed by atoms with Gasteiger partial charge in [0.05, 0.1) is 11.3 Å². The summed E-state index contributed by atoms with van der Waals surface area (Å²) in [6.45, 7) is 3.82. The van der Waals surface area contributed by atoms with Crippen LogP contribution in [0.1, 0.15) is 78.3 Å². The third-order valence-corrected chi connectivity index (χ3v) is 6.84. The van der Waals surface area contributed by atoms with Gasteiger partial charge in [0.25, 0.3) is 0 Å². The van der Waals surface area contributed by atoms with Crippen molar-refractivity contribution in [2.45, 2.75) is 52.0 Å². The average Bonchev–Trinajstić information content (AvgIpc) is 2.87. The van der Waals surface area contributed by atoms with Crippen LogP contribution in [0.25, 0.3) is 0 Å². The van der Waals surface area contributed by atoms with E-state index in [2.05, 4.69) is 28.2 Å². The zero-order valence-electron chi connectivity index (χ0n) is 20.7. The summed E-state index contributed by atoms with van der Waals surface area (Å²) in [6.07, 6.45) is 5.88. The first-order valence-electron chi connectivity index (χ1n) is 12.3.